The predicted octanol–water partition coefficient (Wildman–Crippen LogP) is 3.23. The van der Waals surface area contributed by atoms with Crippen molar-refractivity contribution in [3.8, 4) is 6.07 Å². The third-order valence-electron chi connectivity index (χ3n) is 3.68. The van der Waals surface area contributed by atoms with Gasteiger partial charge in [0.25, 0.3) is 5.91 Å². The lowest BCUT2D eigenvalue weighted by atomic mass is 9.97. The molecule has 0 N–H and O–H groups in total. The molecule has 1 fully saturated rings. The summed E-state index contributed by atoms with van der Waals surface area (Å²) in [4.78, 5) is 18.6. The molecule has 1 aromatic heterocycles. The first-order chi connectivity index (χ1) is 9.52. The summed E-state index contributed by atoms with van der Waals surface area (Å²) in [5.41, 5.74) is 1.37. The third kappa shape index (κ3) is 3.10. The van der Waals surface area contributed by atoms with E-state index in [2.05, 4.69) is 11.1 Å². The number of pyridine rings is 1. The fourth-order valence-electron chi connectivity index (χ4n) is 2.44. The number of amides is 1. The summed E-state index contributed by atoms with van der Waals surface area (Å²) >= 11 is 5.93. The van der Waals surface area contributed by atoms with Crippen LogP contribution in [-0.4, -0.2) is 28.9 Å². The zero-order chi connectivity index (χ0) is 14.7. The van der Waals surface area contributed by atoms with Gasteiger partial charge < -0.3 is 4.90 Å². The summed E-state index contributed by atoms with van der Waals surface area (Å²) in [6, 6.07) is 5.86. The Morgan fingerprint density at radius 3 is 2.65 bits per heavy atom. The Morgan fingerprint density at radius 2 is 2.10 bits per heavy atom. The van der Waals surface area contributed by atoms with E-state index in [9.17, 15) is 4.79 Å². The van der Waals surface area contributed by atoms with Crippen molar-refractivity contribution >= 4 is 17.5 Å². The number of nitriles is 1. The molecule has 0 saturated carbocycles. The molecule has 4 nitrogen and oxygen atoms in total. The number of nitrogens with zero attached hydrogens (tertiary/aromatic N) is 3. The van der Waals surface area contributed by atoms with Gasteiger partial charge in [-0.1, -0.05) is 31.5 Å². The molecule has 0 aliphatic carbocycles. The van der Waals surface area contributed by atoms with Gasteiger partial charge in [0.2, 0.25) is 0 Å². The molecule has 0 radical (unpaired) electrons. The topological polar surface area (TPSA) is 57.0 Å². The van der Waals surface area contributed by atoms with Crippen LogP contribution in [0.5, 0.6) is 0 Å². The Kier molecular flexibility index (Phi) is 4.61. The molecule has 1 aromatic rings. The highest BCUT2D eigenvalue weighted by atomic mass is 35.5. The molecule has 0 atom stereocenters. The Hall–Kier alpha value is -1.60. The zero-order valence-corrected chi connectivity index (χ0v) is 12.5. The van der Waals surface area contributed by atoms with Crippen molar-refractivity contribution in [1.82, 2.24) is 9.88 Å². The van der Waals surface area contributed by atoms with Crippen LogP contribution in [0.4, 0.5) is 0 Å². The van der Waals surface area contributed by atoms with Gasteiger partial charge in [-0.05, 0) is 30.4 Å². The maximum absolute atomic E-state index is 12.6. The number of aromatic nitrogens is 1. The molecular weight excluding hydrogens is 274 g/mol. The first kappa shape index (κ1) is 14.8. The summed E-state index contributed by atoms with van der Waals surface area (Å²) < 4.78 is 0. The summed E-state index contributed by atoms with van der Waals surface area (Å²) in [5, 5.41) is 9.24. The number of hydrogen-bond acceptors (Lipinski definition) is 3. The molecule has 1 aliphatic heterocycles. The molecule has 0 unspecified atom stereocenters. The fourth-order valence-corrected chi connectivity index (χ4v) is 2.59. The number of carbonyl (C=O) groups is 1. The summed E-state index contributed by atoms with van der Waals surface area (Å²) in [6.07, 6.45) is 1.47. The van der Waals surface area contributed by atoms with Gasteiger partial charge in [0.15, 0.2) is 0 Å². The minimum absolute atomic E-state index is 0.0657. The van der Waals surface area contributed by atoms with E-state index in [0.29, 0.717) is 23.9 Å². The van der Waals surface area contributed by atoms with Gasteiger partial charge in [-0.15, -0.1) is 0 Å². The van der Waals surface area contributed by atoms with Crippen molar-refractivity contribution in [3.05, 3.63) is 28.5 Å². The number of halogens is 1. The maximum Gasteiger partial charge on any atom is 0.272 e. The minimum atomic E-state index is -0.0763. The average Bonchev–Trinajstić information content (AvgIpc) is 2.46. The zero-order valence-electron chi connectivity index (χ0n) is 11.8. The van der Waals surface area contributed by atoms with Crippen molar-refractivity contribution in [2.45, 2.75) is 32.6 Å². The van der Waals surface area contributed by atoms with Gasteiger partial charge in [-0.3, -0.25) is 4.79 Å². The molecular formula is C15H18ClN3O. The number of rotatable bonds is 2. The molecule has 0 aromatic carbocycles. The molecule has 0 bridgehead atoms. The van der Waals surface area contributed by atoms with Gasteiger partial charge in [-0.2, -0.15) is 5.26 Å². The Bertz CT molecular complexity index is 543. The van der Waals surface area contributed by atoms with Crippen LogP contribution in [-0.2, 0) is 0 Å². The highest BCUT2D eigenvalue weighted by Gasteiger charge is 2.26. The molecule has 1 aliphatic rings. The van der Waals surface area contributed by atoms with Crippen molar-refractivity contribution in [2.24, 2.45) is 5.92 Å². The molecule has 106 valence electrons. The maximum atomic E-state index is 12.6. The van der Waals surface area contributed by atoms with E-state index < -0.39 is 0 Å². The number of likely N-dealkylation sites (tertiary alicyclic amines) is 1. The Morgan fingerprint density at radius 1 is 1.45 bits per heavy atom. The summed E-state index contributed by atoms with van der Waals surface area (Å²) in [6.45, 7) is 5.29. The average molecular weight is 292 g/mol. The fraction of sp³-hybridized carbons (Fsp3) is 0.533. The third-order valence-corrected chi connectivity index (χ3v) is 3.89. The number of carbonyl (C=O) groups excluding carboxylic acids is 1. The van der Waals surface area contributed by atoms with Crippen LogP contribution in [0.2, 0.25) is 5.15 Å². The van der Waals surface area contributed by atoms with Crippen LogP contribution >= 0.6 is 11.6 Å². The van der Waals surface area contributed by atoms with Gasteiger partial charge in [0, 0.05) is 19.0 Å². The Balaban J connectivity index is 2.21. The van der Waals surface area contributed by atoms with Crippen LogP contribution < -0.4 is 0 Å². The van der Waals surface area contributed by atoms with Crippen molar-refractivity contribution in [2.75, 3.05) is 13.1 Å². The van der Waals surface area contributed by atoms with Gasteiger partial charge in [0.1, 0.15) is 10.8 Å². The lowest BCUT2D eigenvalue weighted by Crippen LogP contribution is -2.39. The highest BCUT2D eigenvalue weighted by Crippen LogP contribution is 2.24. The normalized spacial score (nSPS) is 16.2. The number of piperidine rings is 1. The second-order valence-electron chi connectivity index (χ2n) is 5.42. The van der Waals surface area contributed by atoms with Crippen LogP contribution in [0, 0.1) is 17.2 Å². The van der Waals surface area contributed by atoms with Crippen molar-refractivity contribution in [3.63, 3.8) is 0 Å². The Labute approximate surface area is 124 Å². The van der Waals surface area contributed by atoms with Crippen LogP contribution in [0.1, 0.15) is 48.7 Å². The predicted molar refractivity (Wildman–Crippen MR) is 77.6 cm³/mol. The quantitative estimate of drug-likeness (QED) is 0.786. The lowest BCUT2D eigenvalue weighted by Gasteiger charge is -2.29. The van der Waals surface area contributed by atoms with E-state index in [-0.39, 0.29) is 17.7 Å². The van der Waals surface area contributed by atoms with Crippen LogP contribution in [0.15, 0.2) is 12.1 Å². The largest absolute Gasteiger partial charge is 0.337 e. The molecule has 0 spiro atoms. The lowest BCUT2D eigenvalue weighted by molar-refractivity contribution is 0.0699. The molecule has 2 rings (SSSR count). The standard InChI is InChI=1S/C15H18ClN3O/c1-10(2)12-3-4-13(16)18-14(12)15(20)19-7-5-11(9-17)6-8-19/h3-4,10-11H,5-8H2,1-2H3. The van der Waals surface area contributed by atoms with E-state index in [0.717, 1.165) is 18.4 Å². The summed E-state index contributed by atoms with van der Waals surface area (Å²) in [7, 11) is 0. The van der Waals surface area contributed by atoms with E-state index in [4.69, 9.17) is 16.9 Å². The van der Waals surface area contributed by atoms with Gasteiger partial charge in [-0.25, -0.2) is 4.98 Å². The second kappa shape index (κ2) is 6.23. The van der Waals surface area contributed by atoms with Crippen molar-refractivity contribution in [1.29, 1.82) is 5.26 Å². The minimum Gasteiger partial charge on any atom is -0.337 e. The number of hydrogen-bond donors (Lipinski definition) is 0. The van der Waals surface area contributed by atoms with Crippen molar-refractivity contribution < 1.29 is 4.79 Å². The van der Waals surface area contributed by atoms with E-state index >= 15 is 0 Å². The molecule has 1 amide bonds. The van der Waals surface area contributed by atoms with Crippen LogP contribution in [0.25, 0.3) is 0 Å². The molecule has 2 heterocycles. The molecule has 5 heteroatoms. The van der Waals surface area contributed by atoms with E-state index in [1.54, 1.807) is 11.0 Å². The monoisotopic (exact) mass is 291 g/mol. The first-order valence-electron chi connectivity index (χ1n) is 6.88. The second-order valence-corrected chi connectivity index (χ2v) is 5.81. The smallest absolute Gasteiger partial charge is 0.272 e. The molecule has 20 heavy (non-hydrogen) atoms. The van der Waals surface area contributed by atoms with Crippen LogP contribution in [0.3, 0.4) is 0 Å². The van der Waals surface area contributed by atoms with Gasteiger partial charge >= 0.3 is 0 Å². The first-order valence-corrected chi connectivity index (χ1v) is 7.26. The van der Waals surface area contributed by atoms with Gasteiger partial charge in [0.05, 0.1) is 6.07 Å². The SMILES string of the molecule is CC(C)c1ccc(Cl)nc1C(=O)N1CCC(C#N)CC1. The van der Waals surface area contributed by atoms with E-state index in [1.165, 1.54) is 0 Å². The molecule has 1 saturated heterocycles. The highest BCUT2D eigenvalue weighted by molar-refractivity contribution is 6.29. The van der Waals surface area contributed by atoms with E-state index in [1.807, 2.05) is 19.9 Å². The summed E-state index contributed by atoms with van der Waals surface area (Å²) in [5.74, 6) is 0.207.